The lowest BCUT2D eigenvalue weighted by molar-refractivity contribution is -0.113. The molecular formula is C17H21ClN4OS. The molecule has 0 saturated heterocycles. The Morgan fingerprint density at radius 3 is 2.92 bits per heavy atom. The van der Waals surface area contributed by atoms with E-state index in [4.69, 9.17) is 11.6 Å². The lowest BCUT2D eigenvalue weighted by Gasteiger charge is -2.10. The van der Waals surface area contributed by atoms with Crippen LogP contribution in [-0.4, -0.2) is 26.4 Å². The number of nitrogens with one attached hydrogen (secondary N) is 1. The van der Waals surface area contributed by atoms with Crippen molar-refractivity contribution in [3.8, 4) is 0 Å². The Balaban J connectivity index is 1.63. The Morgan fingerprint density at radius 1 is 1.42 bits per heavy atom. The maximum absolute atomic E-state index is 12.2. The maximum Gasteiger partial charge on any atom is 0.234 e. The van der Waals surface area contributed by atoms with Crippen molar-refractivity contribution in [1.29, 1.82) is 0 Å². The summed E-state index contributed by atoms with van der Waals surface area (Å²) >= 11 is 7.52. The van der Waals surface area contributed by atoms with Gasteiger partial charge in [0.2, 0.25) is 5.91 Å². The van der Waals surface area contributed by atoms with Crippen molar-refractivity contribution < 1.29 is 4.79 Å². The van der Waals surface area contributed by atoms with Crippen molar-refractivity contribution in [2.24, 2.45) is 0 Å². The van der Waals surface area contributed by atoms with Crippen LogP contribution in [0.1, 0.15) is 43.5 Å². The van der Waals surface area contributed by atoms with Gasteiger partial charge in [-0.05, 0) is 43.9 Å². The number of hydrogen-bond donors (Lipinski definition) is 1. The van der Waals surface area contributed by atoms with Gasteiger partial charge in [-0.1, -0.05) is 36.4 Å². The highest BCUT2D eigenvalue weighted by molar-refractivity contribution is 7.99. The molecule has 1 fully saturated rings. The summed E-state index contributed by atoms with van der Waals surface area (Å²) in [4.78, 5) is 12.2. The maximum atomic E-state index is 12.2. The number of anilines is 1. The van der Waals surface area contributed by atoms with E-state index in [0.29, 0.717) is 16.7 Å². The largest absolute Gasteiger partial charge is 0.325 e. The molecular weight excluding hydrogens is 344 g/mol. The Kier molecular flexibility index (Phi) is 5.46. The normalized spacial score (nSPS) is 14.0. The second kappa shape index (κ2) is 7.57. The van der Waals surface area contributed by atoms with Crippen LogP contribution < -0.4 is 5.32 Å². The molecule has 24 heavy (non-hydrogen) atoms. The molecule has 1 amide bonds. The van der Waals surface area contributed by atoms with Crippen LogP contribution in [-0.2, 0) is 11.3 Å². The van der Waals surface area contributed by atoms with Crippen molar-refractivity contribution >= 4 is 35.0 Å². The van der Waals surface area contributed by atoms with Gasteiger partial charge in [-0.15, -0.1) is 10.2 Å². The SMILES string of the molecule is CCCn1c(SCC(=O)Nc2cccc(Cl)c2C)nnc1C1CC1. The van der Waals surface area contributed by atoms with E-state index in [1.165, 1.54) is 24.6 Å². The van der Waals surface area contributed by atoms with Crippen molar-refractivity contribution in [3.05, 3.63) is 34.6 Å². The van der Waals surface area contributed by atoms with E-state index in [9.17, 15) is 4.79 Å². The second-order valence-corrected chi connectivity index (χ2v) is 7.37. The standard InChI is InChI=1S/C17H21ClN4OS/c1-3-9-22-16(12-7-8-12)20-21-17(22)24-10-15(23)19-14-6-4-5-13(18)11(14)2/h4-6,12H,3,7-10H2,1-2H3,(H,19,23). The molecule has 0 aliphatic heterocycles. The third kappa shape index (κ3) is 3.92. The summed E-state index contributed by atoms with van der Waals surface area (Å²) in [7, 11) is 0. The number of hydrogen-bond acceptors (Lipinski definition) is 4. The number of carbonyl (C=O) groups excluding carboxylic acids is 1. The van der Waals surface area contributed by atoms with Crippen LogP contribution >= 0.6 is 23.4 Å². The van der Waals surface area contributed by atoms with Crippen LogP contribution in [0.4, 0.5) is 5.69 Å². The average Bonchev–Trinajstić information content (AvgIpc) is 3.33. The van der Waals surface area contributed by atoms with E-state index in [-0.39, 0.29) is 5.91 Å². The minimum atomic E-state index is -0.0654. The summed E-state index contributed by atoms with van der Waals surface area (Å²) in [5.41, 5.74) is 1.63. The fourth-order valence-electron chi connectivity index (χ4n) is 2.54. The Morgan fingerprint density at radius 2 is 2.21 bits per heavy atom. The third-order valence-electron chi connectivity index (χ3n) is 4.01. The van der Waals surface area contributed by atoms with E-state index in [1.54, 1.807) is 0 Å². The smallest absolute Gasteiger partial charge is 0.234 e. The first-order valence-corrected chi connectivity index (χ1v) is 9.57. The molecule has 1 N–H and O–H groups in total. The number of thioether (sulfide) groups is 1. The molecule has 0 bridgehead atoms. The van der Waals surface area contributed by atoms with E-state index in [1.807, 2.05) is 25.1 Å². The number of carbonyl (C=O) groups is 1. The highest BCUT2D eigenvalue weighted by Crippen LogP contribution is 2.40. The van der Waals surface area contributed by atoms with Gasteiger partial charge >= 0.3 is 0 Å². The molecule has 1 aliphatic carbocycles. The first-order valence-electron chi connectivity index (χ1n) is 8.21. The van der Waals surface area contributed by atoms with E-state index in [2.05, 4.69) is 27.0 Å². The zero-order valence-electron chi connectivity index (χ0n) is 13.9. The molecule has 0 atom stereocenters. The molecule has 1 aromatic carbocycles. The van der Waals surface area contributed by atoms with Crippen LogP contribution in [0.25, 0.3) is 0 Å². The van der Waals surface area contributed by atoms with Gasteiger partial charge in [0.15, 0.2) is 5.16 Å². The molecule has 1 aromatic heterocycles. The van der Waals surface area contributed by atoms with Gasteiger partial charge in [0.1, 0.15) is 5.82 Å². The zero-order chi connectivity index (χ0) is 17.1. The number of amides is 1. The van der Waals surface area contributed by atoms with E-state index < -0.39 is 0 Å². The lowest BCUT2D eigenvalue weighted by Crippen LogP contribution is -2.15. The van der Waals surface area contributed by atoms with Crippen molar-refractivity contribution in [3.63, 3.8) is 0 Å². The number of aromatic nitrogens is 3. The van der Waals surface area contributed by atoms with Crippen LogP contribution in [0.3, 0.4) is 0 Å². The van der Waals surface area contributed by atoms with Gasteiger partial charge in [-0.2, -0.15) is 0 Å². The van der Waals surface area contributed by atoms with Gasteiger partial charge in [0.05, 0.1) is 5.75 Å². The van der Waals surface area contributed by atoms with Crippen LogP contribution in [0.2, 0.25) is 5.02 Å². The minimum absolute atomic E-state index is 0.0654. The number of benzene rings is 1. The summed E-state index contributed by atoms with van der Waals surface area (Å²) in [6, 6.07) is 5.50. The third-order valence-corrected chi connectivity index (χ3v) is 5.39. The summed E-state index contributed by atoms with van der Waals surface area (Å²) in [6.45, 7) is 4.93. The van der Waals surface area contributed by atoms with Crippen molar-refractivity contribution in [2.45, 2.75) is 50.7 Å². The molecule has 0 unspecified atom stereocenters. The molecule has 1 heterocycles. The van der Waals surface area contributed by atoms with Crippen LogP contribution in [0.5, 0.6) is 0 Å². The number of nitrogens with zero attached hydrogens (tertiary/aromatic N) is 3. The zero-order valence-corrected chi connectivity index (χ0v) is 15.5. The molecule has 2 aromatic rings. The summed E-state index contributed by atoms with van der Waals surface area (Å²) in [6.07, 6.45) is 3.42. The molecule has 0 radical (unpaired) electrons. The molecule has 128 valence electrons. The fourth-order valence-corrected chi connectivity index (χ4v) is 3.49. The molecule has 0 spiro atoms. The van der Waals surface area contributed by atoms with Gasteiger partial charge in [0.25, 0.3) is 0 Å². The predicted octanol–water partition coefficient (Wildman–Crippen LogP) is 4.26. The van der Waals surface area contributed by atoms with E-state index >= 15 is 0 Å². The molecule has 7 heteroatoms. The Labute approximate surface area is 151 Å². The Hall–Kier alpha value is -1.53. The van der Waals surface area contributed by atoms with Gasteiger partial charge in [0, 0.05) is 23.2 Å². The van der Waals surface area contributed by atoms with Gasteiger partial charge in [-0.25, -0.2) is 0 Å². The lowest BCUT2D eigenvalue weighted by atomic mass is 10.2. The molecule has 1 saturated carbocycles. The van der Waals surface area contributed by atoms with Gasteiger partial charge < -0.3 is 9.88 Å². The highest BCUT2D eigenvalue weighted by atomic mass is 35.5. The summed E-state index contributed by atoms with van der Waals surface area (Å²) in [5.74, 6) is 1.87. The number of rotatable bonds is 7. The predicted molar refractivity (Wildman–Crippen MR) is 97.8 cm³/mol. The van der Waals surface area contributed by atoms with Crippen molar-refractivity contribution in [2.75, 3.05) is 11.1 Å². The van der Waals surface area contributed by atoms with Crippen LogP contribution in [0.15, 0.2) is 23.4 Å². The quantitative estimate of drug-likeness (QED) is 0.746. The van der Waals surface area contributed by atoms with Crippen molar-refractivity contribution in [1.82, 2.24) is 14.8 Å². The molecule has 3 rings (SSSR count). The van der Waals surface area contributed by atoms with Gasteiger partial charge in [-0.3, -0.25) is 4.79 Å². The average molecular weight is 365 g/mol. The topological polar surface area (TPSA) is 59.8 Å². The van der Waals surface area contributed by atoms with E-state index in [0.717, 1.165) is 35.2 Å². The monoisotopic (exact) mass is 364 g/mol. The van der Waals surface area contributed by atoms with Crippen LogP contribution in [0, 0.1) is 6.92 Å². The first-order chi connectivity index (χ1) is 11.6. The molecule has 1 aliphatic rings. The summed E-state index contributed by atoms with van der Waals surface area (Å²) < 4.78 is 2.17. The Bertz CT molecular complexity index is 742. The number of halogens is 1. The highest BCUT2D eigenvalue weighted by Gasteiger charge is 2.30. The fraction of sp³-hybridized carbons (Fsp3) is 0.471. The summed E-state index contributed by atoms with van der Waals surface area (Å²) in [5, 5.41) is 13.0. The molecule has 5 nitrogen and oxygen atoms in total. The minimum Gasteiger partial charge on any atom is -0.325 e. The first kappa shape index (κ1) is 17.3. The second-order valence-electron chi connectivity index (χ2n) is 6.02.